The van der Waals surface area contributed by atoms with E-state index in [1.54, 1.807) is 12.1 Å². The van der Waals surface area contributed by atoms with Crippen LogP contribution in [0.2, 0.25) is 0 Å². The number of carbonyl (C=O) groups is 1. The number of hydrogen-bond acceptors (Lipinski definition) is 3. The number of anilines is 1. The maximum Gasteiger partial charge on any atom is 0.231 e. The number of nitrogens with one attached hydrogen (secondary N) is 2. The van der Waals surface area contributed by atoms with Gasteiger partial charge in [-0.3, -0.25) is 4.79 Å². The van der Waals surface area contributed by atoms with Gasteiger partial charge in [-0.25, -0.2) is 0 Å². The van der Waals surface area contributed by atoms with E-state index in [9.17, 15) is 4.79 Å². The molecule has 3 aromatic rings. The van der Waals surface area contributed by atoms with Crippen LogP contribution < -0.4 is 14.8 Å². The van der Waals surface area contributed by atoms with Gasteiger partial charge in [0.25, 0.3) is 0 Å². The zero-order chi connectivity index (χ0) is 15.6. The number of ether oxygens (including phenoxy) is 2. The third kappa shape index (κ3) is 2.73. The van der Waals surface area contributed by atoms with E-state index < -0.39 is 0 Å². The maximum absolute atomic E-state index is 12.2. The molecule has 2 N–H and O–H groups in total. The Hall–Kier alpha value is -2.95. The van der Waals surface area contributed by atoms with Crippen molar-refractivity contribution >= 4 is 22.5 Å². The maximum atomic E-state index is 12.2. The summed E-state index contributed by atoms with van der Waals surface area (Å²) < 4.78 is 10.6. The fourth-order valence-electron chi connectivity index (χ4n) is 2.81. The third-order valence-corrected chi connectivity index (χ3v) is 3.96. The minimum Gasteiger partial charge on any atom is -0.454 e. The first-order valence-electron chi connectivity index (χ1n) is 7.54. The van der Waals surface area contributed by atoms with Gasteiger partial charge in [-0.15, -0.1) is 0 Å². The zero-order valence-electron chi connectivity index (χ0n) is 12.5. The number of amides is 1. The molecular weight excluding hydrogens is 292 g/mol. The lowest BCUT2D eigenvalue weighted by Gasteiger charge is -2.07. The molecule has 2 aromatic carbocycles. The Labute approximate surface area is 133 Å². The average Bonchev–Trinajstić information content (AvgIpc) is 3.21. The zero-order valence-corrected chi connectivity index (χ0v) is 12.5. The number of hydrogen-bond donors (Lipinski definition) is 2. The molecule has 0 bridgehead atoms. The first-order chi connectivity index (χ1) is 11.3. The Kier molecular flexibility index (Phi) is 3.38. The van der Waals surface area contributed by atoms with Crippen molar-refractivity contribution in [1.29, 1.82) is 0 Å². The summed E-state index contributed by atoms with van der Waals surface area (Å²) >= 11 is 0. The molecule has 0 fully saturated rings. The second-order valence-electron chi connectivity index (χ2n) is 5.47. The number of aromatic amines is 1. The van der Waals surface area contributed by atoms with Crippen molar-refractivity contribution in [3.63, 3.8) is 0 Å². The van der Waals surface area contributed by atoms with Gasteiger partial charge in [0, 0.05) is 35.3 Å². The van der Waals surface area contributed by atoms with E-state index in [0.717, 1.165) is 11.2 Å². The predicted octanol–water partition coefficient (Wildman–Crippen LogP) is 3.47. The lowest BCUT2D eigenvalue weighted by molar-refractivity contribution is -0.116. The van der Waals surface area contributed by atoms with Crippen molar-refractivity contribution in [2.75, 3.05) is 12.1 Å². The summed E-state index contributed by atoms with van der Waals surface area (Å²) in [5, 5.41) is 4.07. The van der Waals surface area contributed by atoms with Gasteiger partial charge in [-0.2, -0.15) is 0 Å². The van der Waals surface area contributed by atoms with Crippen LogP contribution in [0.3, 0.4) is 0 Å². The first kappa shape index (κ1) is 13.7. The molecule has 5 nitrogen and oxygen atoms in total. The molecule has 0 radical (unpaired) electrons. The lowest BCUT2D eigenvalue weighted by Crippen LogP contribution is -2.12. The van der Waals surface area contributed by atoms with Gasteiger partial charge in [0.05, 0.1) is 0 Å². The number of aromatic nitrogens is 1. The van der Waals surface area contributed by atoms with Crippen LogP contribution in [0.5, 0.6) is 11.5 Å². The Bertz CT molecular complexity index is 870. The van der Waals surface area contributed by atoms with E-state index in [0.29, 0.717) is 24.3 Å². The number of rotatable bonds is 4. The van der Waals surface area contributed by atoms with Gasteiger partial charge >= 0.3 is 0 Å². The normalized spacial score (nSPS) is 12.5. The monoisotopic (exact) mass is 308 g/mol. The highest BCUT2D eigenvalue weighted by Gasteiger charge is 2.14. The SMILES string of the molecule is O=C(CCc1cccc2[nH]ccc12)Nc1ccc2c(c1)OCO2. The summed E-state index contributed by atoms with van der Waals surface area (Å²) in [5.74, 6) is 1.36. The van der Waals surface area contributed by atoms with Crippen LogP contribution in [0.1, 0.15) is 12.0 Å². The van der Waals surface area contributed by atoms with Gasteiger partial charge in [0.2, 0.25) is 12.7 Å². The van der Waals surface area contributed by atoms with Crippen molar-refractivity contribution < 1.29 is 14.3 Å². The van der Waals surface area contributed by atoms with Crippen molar-refractivity contribution in [3.05, 3.63) is 54.2 Å². The Balaban J connectivity index is 1.41. The molecule has 5 heteroatoms. The van der Waals surface area contributed by atoms with Crippen molar-refractivity contribution in [1.82, 2.24) is 4.98 Å². The van der Waals surface area contributed by atoms with Crippen LogP contribution in [0, 0.1) is 0 Å². The van der Waals surface area contributed by atoms with Crippen molar-refractivity contribution in [2.45, 2.75) is 12.8 Å². The Morgan fingerprint density at radius 3 is 3.00 bits per heavy atom. The summed E-state index contributed by atoms with van der Waals surface area (Å²) in [6.45, 7) is 0.230. The molecule has 1 amide bonds. The van der Waals surface area contributed by atoms with E-state index in [1.807, 2.05) is 30.5 Å². The van der Waals surface area contributed by atoms with E-state index in [-0.39, 0.29) is 12.7 Å². The molecule has 0 spiro atoms. The number of H-pyrrole nitrogens is 1. The summed E-state index contributed by atoms with van der Waals surface area (Å²) in [4.78, 5) is 15.4. The fraction of sp³-hybridized carbons (Fsp3) is 0.167. The van der Waals surface area contributed by atoms with Crippen LogP contribution in [0.4, 0.5) is 5.69 Å². The van der Waals surface area contributed by atoms with Gasteiger partial charge < -0.3 is 19.8 Å². The second kappa shape index (κ2) is 5.68. The first-order valence-corrected chi connectivity index (χ1v) is 7.54. The Morgan fingerprint density at radius 1 is 1.13 bits per heavy atom. The highest BCUT2D eigenvalue weighted by Crippen LogP contribution is 2.34. The molecule has 0 atom stereocenters. The van der Waals surface area contributed by atoms with Crippen LogP contribution in [0.25, 0.3) is 10.9 Å². The quantitative estimate of drug-likeness (QED) is 0.775. The number of carbonyl (C=O) groups excluding carboxylic acids is 1. The second-order valence-corrected chi connectivity index (χ2v) is 5.47. The van der Waals surface area contributed by atoms with E-state index in [4.69, 9.17) is 9.47 Å². The molecule has 0 aliphatic carbocycles. The largest absolute Gasteiger partial charge is 0.454 e. The van der Waals surface area contributed by atoms with Gasteiger partial charge in [0.15, 0.2) is 11.5 Å². The van der Waals surface area contributed by atoms with E-state index in [2.05, 4.69) is 16.4 Å². The molecule has 1 aliphatic rings. The van der Waals surface area contributed by atoms with Crippen LogP contribution in [-0.2, 0) is 11.2 Å². The van der Waals surface area contributed by atoms with E-state index in [1.165, 1.54) is 10.9 Å². The standard InChI is InChI=1S/C18H16N2O3/c21-18(20-13-5-6-16-17(10-13)23-11-22-16)7-4-12-2-1-3-15-14(12)8-9-19-15/h1-3,5-6,8-10,19H,4,7,11H2,(H,20,21). The minimum absolute atomic E-state index is 0.0172. The summed E-state index contributed by atoms with van der Waals surface area (Å²) in [5.41, 5.74) is 2.99. The highest BCUT2D eigenvalue weighted by molar-refractivity contribution is 5.92. The fourth-order valence-corrected chi connectivity index (χ4v) is 2.81. The molecule has 4 rings (SSSR count). The molecule has 2 heterocycles. The topological polar surface area (TPSA) is 63.4 Å². The van der Waals surface area contributed by atoms with Crippen LogP contribution in [-0.4, -0.2) is 17.7 Å². The van der Waals surface area contributed by atoms with E-state index >= 15 is 0 Å². The van der Waals surface area contributed by atoms with Gasteiger partial charge in [-0.1, -0.05) is 12.1 Å². The molecule has 1 aliphatic heterocycles. The van der Waals surface area contributed by atoms with Crippen LogP contribution >= 0.6 is 0 Å². The molecule has 1 aromatic heterocycles. The molecule has 0 unspecified atom stereocenters. The average molecular weight is 308 g/mol. The highest BCUT2D eigenvalue weighted by atomic mass is 16.7. The molecular formula is C18H16N2O3. The molecule has 0 saturated carbocycles. The molecule has 116 valence electrons. The Morgan fingerprint density at radius 2 is 2.04 bits per heavy atom. The molecule has 23 heavy (non-hydrogen) atoms. The van der Waals surface area contributed by atoms with Crippen molar-refractivity contribution in [2.24, 2.45) is 0 Å². The summed E-state index contributed by atoms with van der Waals surface area (Å²) in [6, 6.07) is 13.5. The number of benzene rings is 2. The summed E-state index contributed by atoms with van der Waals surface area (Å²) in [7, 11) is 0. The van der Waals surface area contributed by atoms with Gasteiger partial charge in [-0.05, 0) is 36.2 Å². The molecule has 0 saturated heterocycles. The third-order valence-electron chi connectivity index (χ3n) is 3.96. The smallest absolute Gasteiger partial charge is 0.231 e. The number of fused-ring (bicyclic) bond motifs is 2. The lowest BCUT2D eigenvalue weighted by atomic mass is 10.1. The van der Waals surface area contributed by atoms with Crippen LogP contribution in [0.15, 0.2) is 48.7 Å². The van der Waals surface area contributed by atoms with Gasteiger partial charge in [0.1, 0.15) is 0 Å². The number of aryl methyl sites for hydroxylation is 1. The minimum atomic E-state index is -0.0172. The predicted molar refractivity (Wildman–Crippen MR) is 87.8 cm³/mol. The summed E-state index contributed by atoms with van der Waals surface area (Å²) in [6.07, 6.45) is 3.05. The van der Waals surface area contributed by atoms with Crippen molar-refractivity contribution in [3.8, 4) is 11.5 Å².